The Labute approximate surface area is 94.3 Å². The molecule has 0 aliphatic carbocycles. The summed E-state index contributed by atoms with van der Waals surface area (Å²) in [6.45, 7) is 2.62. The summed E-state index contributed by atoms with van der Waals surface area (Å²) in [6, 6.07) is 5.00. The van der Waals surface area contributed by atoms with Gasteiger partial charge in [-0.05, 0) is 25.3 Å². The van der Waals surface area contributed by atoms with E-state index in [9.17, 15) is 10.1 Å². The quantitative estimate of drug-likeness (QED) is 0.440. The van der Waals surface area contributed by atoms with E-state index in [0.29, 0.717) is 18.7 Å². The molecule has 1 aromatic rings. The summed E-state index contributed by atoms with van der Waals surface area (Å²) < 4.78 is 0. The van der Waals surface area contributed by atoms with E-state index >= 15 is 0 Å². The maximum absolute atomic E-state index is 10.8. The molecule has 88 valence electrons. The largest absolute Gasteiger partial charge is 0.396 e. The molecular formula is C11H16N2O3. The average Bonchev–Trinajstić information content (AvgIpc) is 2.25. The third-order valence-corrected chi connectivity index (χ3v) is 2.33. The highest BCUT2D eigenvalue weighted by Gasteiger charge is 2.14. The SMILES string of the molecule is Cc1cccc([N+](=O)[O-])c1NCCCCO. The molecule has 0 fully saturated rings. The molecule has 0 aromatic heterocycles. The van der Waals surface area contributed by atoms with Crippen LogP contribution in [0.4, 0.5) is 11.4 Å². The molecule has 0 saturated carbocycles. The monoisotopic (exact) mass is 224 g/mol. The number of benzene rings is 1. The van der Waals surface area contributed by atoms with Crippen LogP contribution in [-0.4, -0.2) is 23.2 Å². The maximum atomic E-state index is 10.8. The van der Waals surface area contributed by atoms with Crippen LogP contribution in [0.2, 0.25) is 0 Å². The van der Waals surface area contributed by atoms with Gasteiger partial charge in [-0.15, -0.1) is 0 Å². The van der Waals surface area contributed by atoms with Crippen LogP contribution in [0.15, 0.2) is 18.2 Å². The van der Waals surface area contributed by atoms with Crippen molar-refractivity contribution in [2.45, 2.75) is 19.8 Å². The first-order valence-corrected chi connectivity index (χ1v) is 5.25. The Bertz CT molecular complexity index is 366. The number of hydrogen-bond donors (Lipinski definition) is 2. The summed E-state index contributed by atoms with van der Waals surface area (Å²) in [5.41, 5.74) is 1.53. The minimum Gasteiger partial charge on any atom is -0.396 e. The Hall–Kier alpha value is -1.62. The second-order valence-electron chi connectivity index (χ2n) is 3.58. The molecule has 1 rings (SSSR count). The normalized spacial score (nSPS) is 10.1. The lowest BCUT2D eigenvalue weighted by Gasteiger charge is -2.09. The van der Waals surface area contributed by atoms with E-state index in [4.69, 9.17) is 5.11 Å². The molecule has 0 amide bonds. The van der Waals surface area contributed by atoms with Gasteiger partial charge < -0.3 is 10.4 Å². The molecule has 16 heavy (non-hydrogen) atoms. The third-order valence-electron chi connectivity index (χ3n) is 2.33. The number of nitrogens with one attached hydrogen (secondary N) is 1. The molecule has 0 spiro atoms. The molecule has 0 bridgehead atoms. The van der Waals surface area contributed by atoms with Crippen molar-refractivity contribution < 1.29 is 10.0 Å². The zero-order valence-electron chi connectivity index (χ0n) is 9.27. The Morgan fingerprint density at radius 3 is 2.81 bits per heavy atom. The lowest BCUT2D eigenvalue weighted by Crippen LogP contribution is -2.06. The van der Waals surface area contributed by atoms with Crippen LogP contribution in [0, 0.1) is 17.0 Å². The fourth-order valence-corrected chi connectivity index (χ4v) is 1.48. The number of para-hydroxylation sites is 1. The van der Waals surface area contributed by atoms with Crippen LogP contribution in [-0.2, 0) is 0 Å². The highest BCUT2D eigenvalue weighted by atomic mass is 16.6. The summed E-state index contributed by atoms with van der Waals surface area (Å²) in [6.07, 6.45) is 1.49. The molecule has 0 saturated heterocycles. The highest BCUT2D eigenvalue weighted by Crippen LogP contribution is 2.27. The summed E-state index contributed by atoms with van der Waals surface area (Å²) in [4.78, 5) is 10.4. The summed E-state index contributed by atoms with van der Waals surface area (Å²) in [7, 11) is 0. The van der Waals surface area contributed by atoms with Crippen molar-refractivity contribution in [3.63, 3.8) is 0 Å². The van der Waals surface area contributed by atoms with Crippen LogP contribution in [0.5, 0.6) is 0 Å². The number of anilines is 1. The van der Waals surface area contributed by atoms with Gasteiger partial charge in [0.1, 0.15) is 5.69 Å². The number of aliphatic hydroxyl groups excluding tert-OH is 1. The number of hydrogen-bond acceptors (Lipinski definition) is 4. The zero-order chi connectivity index (χ0) is 12.0. The van der Waals surface area contributed by atoms with E-state index < -0.39 is 0 Å². The minimum atomic E-state index is -0.388. The number of aryl methyl sites for hydroxylation is 1. The zero-order valence-corrected chi connectivity index (χ0v) is 9.27. The van der Waals surface area contributed by atoms with Gasteiger partial charge >= 0.3 is 0 Å². The number of nitro benzene ring substituents is 1. The van der Waals surface area contributed by atoms with E-state index in [0.717, 1.165) is 12.0 Å². The number of nitrogens with zero attached hydrogens (tertiary/aromatic N) is 1. The molecule has 0 unspecified atom stereocenters. The molecule has 0 atom stereocenters. The Morgan fingerprint density at radius 1 is 1.44 bits per heavy atom. The van der Waals surface area contributed by atoms with Gasteiger partial charge in [0.05, 0.1) is 4.92 Å². The summed E-state index contributed by atoms with van der Waals surface area (Å²) in [5, 5.41) is 22.5. The van der Waals surface area contributed by atoms with Gasteiger partial charge in [0.25, 0.3) is 5.69 Å². The average molecular weight is 224 g/mol. The lowest BCUT2D eigenvalue weighted by molar-refractivity contribution is -0.384. The van der Waals surface area contributed by atoms with Crippen molar-refractivity contribution >= 4 is 11.4 Å². The first kappa shape index (κ1) is 12.4. The molecule has 5 heteroatoms. The molecular weight excluding hydrogens is 208 g/mol. The van der Waals surface area contributed by atoms with Gasteiger partial charge in [-0.2, -0.15) is 0 Å². The highest BCUT2D eigenvalue weighted by molar-refractivity contribution is 5.65. The predicted molar refractivity (Wildman–Crippen MR) is 62.6 cm³/mol. The van der Waals surface area contributed by atoms with Crippen LogP contribution >= 0.6 is 0 Å². The van der Waals surface area contributed by atoms with Gasteiger partial charge in [-0.1, -0.05) is 12.1 Å². The molecule has 1 aromatic carbocycles. The third kappa shape index (κ3) is 3.20. The second kappa shape index (κ2) is 6.07. The Morgan fingerprint density at radius 2 is 2.19 bits per heavy atom. The molecule has 0 heterocycles. The minimum absolute atomic E-state index is 0.101. The molecule has 5 nitrogen and oxygen atoms in total. The smallest absolute Gasteiger partial charge is 0.292 e. The number of aliphatic hydroxyl groups is 1. The lowest BCUT2D eigenvalue weighted by atomic mass is 10.1. The van der Waals surface area contributed by atoms with Crippen molar-refractivity contribution in [2.75, 3.05) is 18.5 Å². The Balaban J connectivity index is 2.73. The second-order valence-corrected chi connectivity index (χ2v) is 3.58. The van der Waals surface area contributed by atoms with Crippen LogP contribution in [0.3, 0.4) is 0 Å². The number of unbranched alkanes of at least 4 members (excludes halogenated alkanes) is 1. The van der Waals surface area contributed by atoms with E-state index in [1.165, 1.54) is 6.07 Å². The molecule has 0 radical (unpaired) electrons. The van der Waals surface area contributed by atoms with Crippen molar-refractivity contribution in [1.82, 2.24) is 0 Å². The Kier molecular flexibility index (Phi) is 4.72. The van der Waals surface area contributed by atoms with Crippen LogP contribution in [0.1, 0.15) is 18.4 Å². The van der Waals surface area contributed by atoms with Crippen LogP contribution in [0.25, 0.3) is 0 Å². The van der Waals surface area contributed by atoms with Gasteiger partial charge in [0.2, 0.25) is 0 Å². The van der Waals surface area contributed by atoms with Gasteiger partial charge in [0, 0.05) is 19.2 Å². The van der Waals surface area contributed by atoms with E-state index in [-0.39, 0.29) is 17.2 Å². The van der Waals surface area contributed by atoms with Crippen molar-refractivity contribution in [3.05, 3.63) is 33.9 Å². The topological polar surface area (TPSA) is 75.4 Å². The van der Waals surface area contributed by atoms with E-state index in [1.807, 2.05) is 13.0 Å². The first-order valence-electron chi connectivity index (χ1n) is 5.25. The fraction of sp³-hybridized carbons (Fsp3) is 0.455. The van der Waals surface area contributed by atoms with Gasteiger partial charge in [-0.25, -0.2) is 0 Å². The first-order chi connectivity index (χ1) is 7.66. The van der Waals surface area contributed by atoms with Crippen LogP contribution < -0.4 is 5.32 Å². The van der Waals surface area contributed by atoms with Crippen molar-refractivity contribution in [2.24, 2.45) is 0 Å². The van der Waals surface area contributed by atoms with Crippen molar-refractivity contribution in [1.29, 1.82) is 0 Å². The predicted octanol–water partition coefficient (Wildman–Crippen LogP) is 2.09. The standard InChI is InChI=1S/C11H16N2O3/c1-9-5-4-6-10(13(15)16)11(9)12-7-2-3-8-14/h4-6,12,14H,2-3,7-8H2,1H3. The van der Waals surface area contributed by atoms with Gasteiger partial charge in [0.15, 0.2) is 0 Å². The molecule has 0 aliphatic heterocycles. The number of rotatable bonds is 6. The summed E-state index contributed by atoms with van der Waals surface area (Å²) >= 11 is 0. The summed E-state index contributed by atoms with van der Waals surface area (Å²) in [5.74, 6) is 0. The molecule has 2 N–H and O–H groups in total. The van der Waals surface area contributed by atoms with Crippen molar-refractivity contribution in [3.8, 4) is 0 Å². The van der Waals surface area contributed by atoms with Gasteiger partial charge in [-0.3, -0.25) is 10.1 Å². The fourth-order valence-electron chi connectivity index (χ4n) is 1.48. The van der Waals surface area contributed by atoms with E-state index in [2.05, 4.69) is 5.32 Å². The van der Waals surface area contributed by atoms with E-state index in [1.54, 1.807) is 6.07 Å². The molecule has 0 aliphatic rings. The maximum Gasteiger partial charge on any atom is 0.292 e. The number of nitro groups is 1.